The summed E-state index contributed by atoms with van der Waals surface area (Å²) in [5, 5.41) is 0. The second kappa shape index (κ2) is 5.46. The number of hydrogen-bond donors (Lipinski definition) is 1. The fourth-order valence-electron chi connectivity index (χ4n) is 2.30. The highest BCUT2D eigenvalue weighted by Crippen LogP contribution is 2.21. The van der Waals surface area contributed by atoms with Gasteiger partial charge in [0.25, 0.3) is 0 Å². The Bertz CT molecular complexity index is 337. The highest BCUT2D eigenvalue weighted by molar-refractivity contribution is 5.24. The van der Waals surface area contributed by atoms with Crippen LogP contribution in [0.4, 0.5) is 0 Å². The van der Waals surface area contributed by atoms with Crippen molar-refractivity contribution in [3.8, 4) is 0 Å². The van der Waals surface area contributed by atoms with E-state index in [4.69, 9.17) is 10.5 Å². The molecule has 16 heavy (non-hydrogen) atoms. The molecule has 88 valence electrons. The van der Waals surface area contributed by atoms with Crippen molar-refractivity contribution < 1.29 is 4.74 Å². The minimum absolute atomic E-state index is 0.234. The lowest BCUT2D eigenvalue weighted by molar-refractivity contribution is 0.00384. The predicted molar refractivity (Wildman–Crippen MR) is 66.2 cm³/mol. The first-order chi connectivity index (χ1) is 7.77. The average Bonchev–Trinajstić information content (AvgIpc) is 2.30. The van der Waals surface area contributed by atoms with E-state index in [-0.39, 0.29) is 12.1 Å². The maximum absolute atomic E-state index is 6.06. The number of hydrogen-bond acceptors (Lipinski definition) is 2. The van der Waals surface area contributed by atoms with Crippen LogP contribution in [0.1, 0.15) is 36.8 Å². The molecule has 1 fully saturated rings. The Labute approximate surface area is 97.8 Å². The van der Waals surface area contributed by atoms with E-state index in [0.717, 1.165) is 12.8 Å². The summed E-state index contributed by atoms with van der Waals surface area (Å²) in [5.74, 6) is 0. The van der Waals surface area contributed by atoms with Gasteiger partial charge in [-0.2, -0.15) is 0 Å². The maximum Gasteiger partial charge on any atom is 0.0730 e. The minimum Gasteiger partial charge on any atom is -0.372 e. The summed E-state index contributed by atoms with van der Waals surface area (Å²) in [4.78, 5) is 0. The van der Waals surface area contributed by atoms with Gasteiger partial charge in [-0.1, -0.05) is 37.1 Å². The molecular weight excluding hydrogens is 198 g/mol. The molecule has 0 radical (unpaired) electrons. The molecule has 2 nitrogen and oxygen atoms in total. The Balaban J connectivity index is 1.89. The van der Waals surface area contributed by atoms with Gasteiger partial charge in [0.1, 0.15) is 0 Å². The zero-order valence-corrected chi connectivity index (χ0v) is 9.99. The molecule has 2 unspecified atom stereocenters. The van der Waals surface area contributed by atoms with Crippen LogP contribution in [0.15, 0.2) is 24.3 Å². The van der Waals surface area contributed by atoms with E-state index in [9.17, 15) is 0 Å². The highest BCUT2D eigenvalue weighted by atomic mass is 16.5. The SMILES string of the molecule is Cc1ccccc1COC1CCCCC1N. The molecule has 1 aromatic rings. The van der Waals surface area contributed by atoms with Crippen LogP contribution in [-0.2, 0) is 11.3 Å². The van der Waals surface area contributed by atoms with Crippen LogP contribution in [-0.4, -0.2) is 12.1 Å². The molecule has 0 saturated heterocycles. The molecule has 1 aliphatic carbocycles. The van der Waals surface area contributed by atoms with E-state index in [0.29, 0.717) is 6.61 Å². The number of rotatable bonds is 3. The summed E-state index contributed by atoms with van der Waals surface area (Å²) >= 11 is 0. The van der Waals surface area contributed by atoms with E-state index in [1.165, 1.54) is 24.0 Å². The van der Waals surface area contributed by atoms with E-state index < -0.39 is 0 Å². The maximum atomic E-state index is 6.06. The quantitative estimate of drug-likeness (QED) is 0.848. The molecule has 0 spiro atoms. The molecule has 0 aromatic heterocycles. The average molecular weight is 219 g/mol. The molecule has 1 aromatic carbocycles. The van der Waals surface area contributed by atoms with Crippen molar-refractivity contribution in [2.75, 3.05) is 0 Å². The molecule has 1 aliphatic rings. The molecule has 0 amide bonds. The molecule has 2 atom stereocenters. The zero-order chi connectivity index (χ0) is 11.4. The molecule has 2 heteroatoms. The lowest BCUT2D eigenvalue weighted by Crippen LogP contribution is -2.39. The number of nitrogens with two attached hydrogens (primary N) is 1. The Hall–Kier alpha value is -0.860. The van der Waals surface area contributed by atoms with E-state index in [2.05, 4.69) is 31.2 Å². The number of aryl methyl sites for hydroxylation is 1. The number of ether oxygens (including phenoxy) is 1. The summed E-state index contributed by atoms with van der Waals surface area (Å²) in [6, 6.07) is 8.61. The van der Waals surface area contributed by atoms with Crippen LogP contribution in [0, 0.1) is 6.92 Å². The van der Waals surface area contributed by atoms with Gasteiger partial charge < -0.3 is 10.5 Å². The predicted octanol–water partition coefficient (Wildman–Crippen LogP) is 2.78. The van der Waals surface area contributed by atoms with Gasteiger partial charge in [-0.3, -0.25) is 0 Å². The van der Waals surface area contributed by atoms with Crippen molar-refractivity contribution in [3.05, 3.63) is 35.4 Å². The van der Waals surface area contributed by atoms with Crippen LogP contribution in [0.3, 0.4) is 0 Å². The van der Waals surface area contributed by atoms with Crippen molar-refractivity contribution >= 4 is 0 Å². The van der Waals surface area contributed by atoms with Crippen LogP contribution in [0.25, 0.3) is 0 Å². The van der Waals surface area contributed by atoms with Gasteiger partial charge in [0.15, 0.2) is 0 Å². The molecule has 2 rings (SSSR count). The first-order valence-corrected chi connectivity index (χ1v) is 6.19. The van der Waals surface area contributed by atoms with E-state index >= 15 is 0 Å². The van der Waals surface area contributed by atoms with E-state index in [1.54, 1.807) is 0 Å². The van der Waals surface area contributed by atoms with Crippen molar-refractivity contribution in [1.82, 2.24) is 0 Å². The first kappa shape index (κ1) is 11.6. The lowest BCUT2D eigenvalue weighted by Gasteiger charge is -2.28. The van der Waals surface area contributed by atoms with Crippen LogP contribution < -0.4 is 5.73 Å². The summed E-state index contributed by atoms with van der Waals surface area (Å²) < 4.78 is 5.94. The summed E-state index contributed by atoms with van der Waals surface area (Å²) in [6.07, 6.45) is 5.00. The van der Waals surface area contributed by atoms with Crippen molar-refractivity contribution in [2.45, 2.75) is 51.4 Å². The third kappa shape index (κ3) is 2.83. The smallest absolute Gasteiger partial charge is 0.0730 e. The molecular formula is C14H21NO. The molecule has 0 bridgehead atoms. The Kier molecular flexibility index (Phi) is 3.97. The second-order valence-corrected chi connectivity index (χ2v) is 4.72. The van der Waals surface area contributed by atoms with Gasteiger partial charge in [-0.15, -0.1) is 0 Å². The van der Waals surface area contributed by atoms with Gasteiger partial charge in [0.2, 0.25) is 0 Å². The molecule has 0 heterocycles. The molecule has 0 aliphatic heterocycles. The Morgan fingerprint density at radius 3 is 2.75 bits per heavy atom. The summed E-state index contributed by atoms with van der Waals surface area (Å²) in [6.45, 7) is 2.82. The van der Waals surface area contributed by atoms with Crippen LogP contribution >= 0.6 is 0 Å². The fourth-order valence-corrected chi connectivity index (χ4v) is 2.30. The van der Waals surface area contributed by atoms with Crippen LogP contribution in [0.2, 0.25) is 0 Å². The lowest BCUT2D eigenvalue weighted by atomic mass is 9.93. The van der Waals surface area contributed by atoms with E-state index in [1.807, 2.05) is 0 Å². The largest absolute Gasteiger partial charge is 0.372 e. The molecule has 1 saturated carbocycles. The van der Waals surface area contributed by atoms with Gasteiger partial charge in [0.05, 0.1) is 12.7 Å². The second-order valence-electron chi connectivity index (χ2n) is 4.72. The first-order valence-electron chi connectivity index (χ1n) is 6.19. The monoisotopic (exact) mass is 219 g/mol. The third-order valence-corrected chi connectivity index (χ3v) is 3.47. The van der Waals surface area contributed by atoms with Gasteiger partial charge >= 0.3 is 0 Å². The topological polar surface area (TPSA) is 35.2 Å². The summed E-state index contributed by atoms with van der Waals surface area (Å²) in [5.41, 5.74) is 8.63. The van der Waals surface area contributed by atoms with Gasteiger partial charge in [-0.05, 0) is 30.9 Å². The van der Waals surface area contributed by atoms with Crippen molar-refractivity contribution in [3.63, 3.8) is 0 Å². The van der Waals surface area contributed by atoms with Gasteiger partial charge in [-0.25, -0.2) is 0 Å². The standard InChI is InChI=1S/C14H21NO/c1-11-6-2-3-7-12(11)10-16-14-9-5-4-8-13(14)15/h2-3,6-7,13-14H,4-5,8-10,15H2,1H3. The Morgan fingerprint density at radius 1 is 1.25 bits per heavy atom. The van der Waals surface area contributed by atoms with Crippen molar-refractivity contribution in [2.24, 2.45) is 5.73 Å². The summed E-state index contributed by atoms with van der Waals surface area (Å²) in [7, 11) is 0. The normalized spacial score (nSPS) is 25.6. The van der Waals surface area contributed by atoms with Gasteiger partial charge in [0, 0.05) is 6.04 Å². The number of benzene rings is 1. The van der Waals surface area contributed by atoms with Crippen LogP contribution in [0.5, 0.6) is 0 Å². The Morgan fingerprint density at radius 2 is 2.00 bits per heavy atom. The third-order valence-electron chi connectivity index (χ3n) is 3.47. The highest BCUT2D eigenvalue weighted by Gasteiger charge is 2.22. The fraction of sp³-hybridized carbons (Fsp3) is 0.571. The van der Waals surface area contributed by atoms with Crippen molar-refractivity contribution in [1.29, 1.82) is 0 Å². The molecule has 2 N–H and O–H groups in total. The minimum atomic E-state index is 0.234. The zero-order valence-electron chi connectivity index (χ0n) is 9.99.